The third kappa shape index (κ3) is 3.86. The van der Waals surface area contributed by atoms with E-state index in [0.717, 1.165) is 37.0 Å². The maximum absolute atomic E-state index is 11.2. The minimum atomic E-state index is -0.173. The Labute approximate surface area is 192 Å². The van der Waals surface area contributed by atoms with Gasteiger partial charge in [0.1, 0.15) is 0 Å². The molecule has 4 aliphatic carbocycles. The van der Waals surface area contributed by atoms with Crippen molar-refractivity contribution >= 4 is 0 Å². The zero-order chi connectivity index (χ0) is 22.6. The number of rotatable bonds is 6. The first-order valence-electron chi connectivity index (χ1n) is 13.4. The molecule has 0 spiro atoms. The van der Waals surface area contributed by atoms with Crippen LogP contribution in [0.1, 0.15) is 106 Å². The lowest BCUT2D eigenvalue weighted by Gasteiger charge is -2.59. The lowest BCUT2D eigenvalue weighted by atomic mass is 9.46. The Morgan fingerprint density at radius 3 is 2.48 bits per heavy atom. The summed E-state index contributed by atoms with van der Waals surface area (Å²) in [5.41, 5.74) is 2.54. The Hall–Kier alpha value is -0.340. The summed E-state index contributed by atoms with van der Waals surface area (Å²) in [4.78, 5) is 0. The second-order valence-electron chi connectivity index (χ2n) is 13.3. The summed E-state index contributed by atoms with van der Waals surface area (Å²) in [6.07, 6.45) is 15.4. The molecule has 5 unspecified atom stereocenters. The monoisotopic (exact) mass is 430 g/mol. The second-order valence-corrected chi connectivity index (χ2v) is 13.3. The van der Waals surface area contributed by atoms with E-state index >= 15 is 0 Å². The standard InChI is InChI=1S/C29H50O2/c1-19(2)8-13-26(30)27(3,4)25-12-11-23-22-10-9-20-18-21(31-7)14-16-28(20,5)24(22)15-17-29(23,25)6/h9,19,21-26,30H,8,10-18H2,1-7H3/t21?,22?,23?,24?,25?,26-,28-,29-/m1/s1. The number of aliphatic hydroxyl groups excluding tert-OH is 1. The number of hydrogen-bond donors (Lipinski definition) is 1. The van der Waals surface area contributed by atoms with Gasteiger partial charge in [-0.05, 0) is 110 Å². The van der Waals surface area contributed by atoms with Crippen molar-refractivity contribution in [1.29, 1.82) is 0 Å². The van der Waals surface area contributed by atoms with Crippen molar-refractivity contribution in [3.8, 4) is 0 Å². The summed E-state index contributed by atoms with van der Waals surface area (Å²) in [7, 11) is 1.89. The minimum absolute atomic E-state index is 0.0152. The van der Waals surface area contributed by atoms with Crippen molar-refractivity contribution in [3.63, 3.8) is 0 Å². The van der Waals surface area contributed by atoms with E-state index in [1.165, 1.54) is 44.9 Å². The van der Waals surface area contributed by atoms with Gasteiger partial charge in [-0.25, -0.2) is 0 Å². The van der Waals surface area contributed by atoms with E-state index in [0.29, 0.717) is 28.8 Å². The summed E-state index contributed by atoms with van der Waals surface area (Å²) >= 11 is 0. The van der Waals surface area contributed by atoms with Gasteiger partial charge in [0.05, 0.1) is 12.2 Å². The highest BCUT2D eigenvalue weighted by molar-refractivity contribution is 5.25. The van der Waals surface area contributed by atoms with Crippen molar-refractivity contribution in [3.05, 3.63) is 11.6 Å². The van der Waals surface area contributed by atoms with Crippen LogP contribution in [0.15, 0.2) is 11.6 Å². The molecule has 3 saturated carbocycles. The molecular weight excluding hydrogens is 380 g/mol. The first kappa shape index (κ1) is 23.8. The number of aliphatic hydroxyl groups is 1. The van der Waals surface area contributed by atoms with Crippen LogP contribution in [0.2, 0.25) is 0 Å². The van der Waals surface area contributed by atoms with E-state index in [-0.39, 0.29) is 11.5 Å². The van der Waals surface area contributed by atoms with Gasteiger partial charge in [0, 0.05) is 7.11 Å². The first-order chi connectivity index (χ1) is 14.5. The van der Waals surface area contributed by atoms with Crippen LogP contribution < -0.4 is 0 Å². The number of fused-ring (bicyclic) bond motifs is 5. The number of allylic oxidation sites excluding steroid dienone is 1. The van der Waals surface area contributed by atoms with Gasteiger partial charge in [-0.1, -0.05) is 53.2 Å². The van der Waals surface area contributed by atoms with Crippen molar-refractivity contribution in [2.24, 2.45) is 45.8 Å². The Morgan fingerprint density at radius 1 is 1.06 bits per heavy atom. The van der Waals surface area contributed by atoms with E-state index < -0.39 is 0 Å². The third-order valence-corrected chi connectivity index (χ3v) is 11.2. The van der Waals surface area contributed by atoms with E-state index in [1.807, 2.05) is 7.11 Å². The number of methoxy groups -OCH3 is 1. The van der Waals surface area contributed by atoms with Gasteiger partial charge in [0.25, 0.3) is 0 Å². The molecule has 8 atom stereocenters. The normalized spacial score (nSPS) is 43.8. The van der Waals surface area contributed by atoms with Crippen LogP contribution in [0.25, 0.3) is 0 Å². The van der Waals surface area contributed by atoms with Gasteiger partial charge in [0.2, 0.25) is 0 Å². The Balaban J connectivity index is 1.54. The lowest BCUT2D eigenvalue weighted by molar-refractivity contribution is -0.0959. The largest absolute Gasteiger partial charge is 0.393 e. The molecule has 2 nitrogen and oxygen atoms in total. The van der Waals surface area contributed by atoms with Gasteiger partial charge in [-0.2, -0.15) is 0 Å². The zero-order valence-corrected chi connectivity index (χ0v) is 21.5. The van der Waals surface area contributed by atoms with Gasteiger partial charge < -0.3 is 9.84 Å². The average Bonchev–Trinajstić information content (AvgIpc) is 3.09. The molecule has 0 heterocycles. The zero-order valence-electron chi connectivity index (χ0n) is 21.5. The van der Waals surface area contributed by atoms with Crippen LogP contribution in [-0.4, -0.2) is 24.4 Å². The highest BCUT2D eigenvalue weighted by Gasteiger charge is 2.61. The average molecular weight is 431 g/mol. The molecule has 178 valence electrons. The molecule has 0 amide bonds. The smallest absolute Gasteiger partial charge is 0.0608 e. The Morgan fingerprint density at radius 2 is 1.81 bits per heavy atom. The van der Waals surface area contributed by atoms with E-state index in [1.54, 1.807) is 5.57 Å². The number of hydrogen-bond acceptors (Lipinski definition) is 2. The highest BCUT2D eigenvalue weighted by Crippen LogP contribution is 2.68. The Bertz CT molecular complexity index is 678. The summed E-state index contributed by atoms with van der Waals surface area (Å²) < 4.78 is 5.75. The molecule has 4 rings (SSSR count). The molecule has 0 radical (unpaired) electrons. The van der Waals surface area contributed by atoms with Crippen molar-refractivity contribution in [1.82, 2.24) is 0 Å². The van der Waals surface area contributed by atoms with Crippen LogP contribution in [0.3, 0.4) is 0 Å². The molecule has 0 bridgehead atoms. The summed E-state index contributed by atoms with van der Waals surface area (Å²) in [6.45, 7) is 14.5. The first-order valence-corrected chi connectivity index (χ1v) is 13.4. The van der Waals surface area contributed by atoms with E-state index in [9.17, 15) is 5.11 Å². The molecule has 4 aliphatic rings. The van der Waals surface area contributed by atoms with E-state index in [4.69, 9.17) is 4.74 Å². The lowest BCUT2D eigenvalue weighted by Crippen LogP contribution is -2.52. The molecule has 31 heavy (non-hydrogen) atoms. The van der Waals surface area contributed by atoms with Gasteiger partial charge in [-0.15, -0.1) is 0 Å². The fourth-order valence-electron chi connectivity index (χ4n) is 9.15. The predicted molar refractivity (Wildman–Crippen MR) is 130 cm³/mol. The molecule has 3 fully saturated rings. The second kappa shape index (κ2) is 8.46. The maximum Gasteiger partial charge on any atom is 0.0608 e. The van der Waals surface area contributed by atoms with E-state index in [2.05, 4.69) is 47.6 Å². The van der Waals surface area contributed by atoms with Crippen LogP contribution in [0.5, 0.6) is 0 Å². The van der Waals surface area contributed by atoms with Crippen LogP contribution in [0.4, 0.5) is 0 Å². The van der Waals surface area contributed by atoms with Gasteiger partial charge in [0.15, 0.2) is 0 Å². The molecule has 2 heteroatoms. The molecule has 0 aliphatic heterocycles. The molecule has 0 aromatic heterocycles. The fraction of sp³-hybridized carbons (Fsp3) is 0.931. The van der Waals surface area contributed by atoms with Crippen molar-refractivity contribution < 1.29 is 9.84 Å². The van der Waals surface area contributed by atoms with Gasteiger partial charge >= 0.3 is 0 Å². The summed E-state index contributed by atoms with van der Waals surface area (Å²) in [6, 6.07) is 0. The predicted octanol–water partition coefficient (Wildman–Crippen LogP) is 7.40. The Kier molecular flexibility index (Phi) is 6.50. The van der Waals surface area contributed by atoms with Crippen LogP contribution >= 0.6 is 0 Å². The topological polar surface area (TPSA) is 29.5 Å². The fourth-order valence-corrected chi connectivity index (χ4v) is 9.15. The minimum Gasteiger partial charge on any atom is -0.393 e. The quantitative estimate of drug-likeness (QED) is 0.445. The van der Waals surface area contributed by atoms with Crippen LogP contribution in [0, 0.1) is 45.8 Å². The number of ether oxygens (including phenoxy) is 1. The molecule has 0 saturated heterocycles. The maximum atomic E-state index is 11.2. The molecular formula is C29H50O2. The molecule has 0 aromatic carbocycles. The molecule has 1 N–H and O–H groups in total. The SMILES string of the molecule is COC1CC[C@]2(C)C(=CCC3C4CCC(C(C)(C)[C@H](O)CCC(C)C)[C@]4(C)CCC32)C1. The van der Waals surface area contributed by atoms with Gasteiger partial charge in [-0.3, -0.25) is 0 Å². The van der Waals surface area contributed by atoms with Crippen LogP contribution in [-0.2, 0) is 4.74 Å². The third-order valence-electron chi connectivity index (χ3n) is 11.2. The molecule has 0 aromatic rings. The summed E-state index contributed by atoms with van der Waals surface area (Å²) in [5, 5.41) is 11.2. The van der Waals surface area contributed by atoms with Crippen molar-refractivity contribution in [2.45, 2.75) is 118 Å². The van der Waals surface area contributed by atoms with Crippen molar-refractivity contribution in [2.75, 3.05) is 7.11 Å². The summed E-state index contributed by atoms with van der Waals surface area (Å²) in [5.74, 6) is 3.86. The highest BCUT2D eigenvalue weighted by atomic mass is 16.5.